The van der Waals surface area contributed by atoms with E-state index in [1.54, 1.807) is 44.3 Å². The number of nitrogens with two attached hydrogens (primary N) is 1. The van der Waals surface area contributed by atoms with Crippen molar-refractivity contribution in [2.45, 2.75) is 216 Å². The highest BCUT2D eigenvalue weighted by atomic mass is 16.4. The summed E-state index contributed by atoms with van der Waals surface area (Å²) in [4.78, 5) is 250. The molecule has 0 aliphatic carbocycles. The Bertz CT molecular complexity index is 3510. The van der Waals surface area contributed by atoms with Gasteiger partial charge < -0.3 is 105 Å². The minimum Gasteiger partial charge on any atom is -0.481 e. The van der Waals surface area contributed by atoms with E-state index in [-0.39, 0.29) is 64.5 Å². The van der Waals surface area contributed by atoms with Gasteiger partial charge in [0.15, 0.2) is 0 Å². The summed E-state index contributed by atoms with van der Waals surface area (Å²) in [5, 5.41) is 68.4. The average Bonchev–Trinajstić information content (AvgIpc) is 1.82. The van der Waals surface area contributed by atoms with Gasteiger partial charge in [-0.05, 0) is 63.0 Å². The van der Waals surface area contributed by atoms with Crippen molar-refractivity contribution in [2.24, 2.45) is 11.7 Å². The molecule has 1 aromatic carbocycles. The van der Waals surface area contributed by atoms with Gasteiger partial charge in [-0.1, -0.05) is 83.9 Å². The molecule has 2 aromatic rings. The molecule has 15 amide bonds. The monoisotopic (exact) mass is 1480 g/mol. The van der Waals surface area contributed by atoms with Crippen LogP contribution in [0.2, 0.25) is 0 Å². The zero-order valence-electron chi connectivity index (χ0n) is 59.1. The number of para-hydroxylation sites is 1. The first-order valence-electron chi connectivity index (χ1n) is 35.1. The SMILES string of the molecule is CCCCCCCCCC(=O)N[C@@H](Cc1c[nH]c2ccccc12)C(=O)N[C@@H](CC(N)=O)C(=O)N[C@@H](CC(=O)O)C(=O)N[C@H]1CNC(=O)[C@@H]2CCCN2C(=O)[C@H]([C@@H](C)CC)NC(=O)[C@H]([C@@H](C)O)NC(=O)CNC(=O)[C@H](CC(=O)O)NC(=O)CNC(=O)[C@H](CC(=O)O)NC(=O)CNC(=O)[C@@H]2CCCCN2C1=O. The number of carbonyl (C=O) groups excluding carboxylic acids is 15. The number of amides is 15. The van der Waals surface area contributed by atoms with Crippen LogP contribution in [0.4, 0.5) is 0 Å². The highest BCUT2D eigenvalue weighted by molar-refractivity contribution is 6.02. The molecule has 3 aliphatic rings. The molecule has 19 N–H and O–H groups in total. The lowest BCUT2D eigenvalue weighted by molar-refractivity contribution is -0.146. The molecule has 0 bridgehead atoms. The molecule has 3 aliphatic heterocycles. The van der Waals surface area contributed by atoms with Crippen molar-refractivity contribution in [1.82, 2.24) is 78.6 Å². The number of piperidine rings is 1. The Labute approximate surface area is 603 Å². The Morgan fingerprint density at radius 3 is 1.66 bits per heavy atom. The van der Waals surface area contributed by atoms with Crippen molar-refractivity contribution in [1.29, 1.82) is 0 Å². The third-order valence-corrected chi connectivity index (χ3v) is 18.0. The summed E-state index contributed by atoms with van der Waals surface area (Å²) in [6.45, 7) is 2.13. The van der Waals surface area contributed by atoms with Crippen molar-refractivity contribution in [3.8, 4) is 0 Å². The minimum atomic E-state index is -2.18. The van der Waals surface area contributed by atoms with E-state index >= 15 is 4.79 Å². The van der Waals surface area contributed by atoms with Crippen LogP contribution >= 0.6 is 0 Å². The number of aliphatic hydroxyl groups excluding tert-OH is 1. The quantitative estimate of drug-likeness (QED) is 0.0356. The number of aromatic nitrogens is 1. The number of rotatable bonds is 28. The lowest BCUT2D eigenvalue weighted by Crippen LogP contribution is -2.63. The number of H-pyrrole nitrogens is 1. The van der Waals surface area contributed by atoms with E-state index in [0.29, 0.717) is 22.9 Å². The number of carboxylic acid groups (broad SMARTS) is 3. The van der Waals surface area contributed by atoms with E-state index < -0.39 is 231 Å². The van der Waals surface area contributed by atoms with Crippen molar-refractivity contribution >= 4 is 117 Å². The molecule has 105 heavy (non-hydrogen) atoms. The van der Waals surface area contributed by atoms with E-state index in [0.717, 1.165) is 55.2 Å². The van der Waals surface area contributed by atoms with E-state index in [4.69, 9.17) is 5.73 Å². The standard InChI is InChI=1S/C67H98N16O22/c1-5-7-8-9-10-11-12-22-49(86)74-40(25-37-30-69-39-19-14-13-18-38(37)39)60(98)77-41(26-48(68)85)61(99)78-44(29-55(94)95)62(100)79-45-31-70-63(101)47-21-17-24-83(47)67(105)56(35(3)6-2)81-65(103)57(36(4)84)80-52(89)34-72-59(97)43(28-54(92)93)75-50(87)32-71-58(96)42(27-53(90)91)76-51(88)33-73-64(102)46-20-15-16-23-82(46)66(45)104/h13-14,18-19,30,35-36,40-47,56-57,69,84H,5-12,15-17,20-29,31-34H2,1-4H3,(H2,68,85)(H,70,101)(H,71,96)(H,72,97)(H,73,102)(H,74,86)(H,75,87)(H,76,88)(H,77,98)(H,78,99)(H,79,100)(H,80,89)(H,81,103)(H,90,91)(H,92,93)(H,94,95)/t35-,36+,40-,41-,42-,43-,44-,45-,46-,47-,56-,57-/m0/s1. The summed E-state index contributed by atoms with van der Waals surface area (Å²) in [6.07, 6.45) is 2.40. The van der Waals surface area contributed by atoms with Crippen LogP contribution in [0.5, 0.6) is 0 Å². The van der Waals surface area contributed by atoms with Crippen molar-refractivity contribution in [3.05, 3.63) is 36.0 Å². The second-order valence-electron chi connectivity index (χ2n) is 26.2. The molecule has 38 heteroatoms. The smallest absolute Gasteiger partial charge is 0.305 e. The Morgan fingerprint density at radius 1 is 0.562 bits per heavy atom. The number of nitrogens with zero attached hydrogens (tertiary/aromatic N) is 2. The van der Waals surface area contributed by atoms with Crippen molar-refractivity contribution < 1.29 is 107 Å². The second-order valence-corrected chi connectivity index (χ2v) is 26.2. The third kappa shape index (κ3) is 27.1. The zero-order valence-corrected chi connectivity index (χ0v) is 59.1. The van der Waals surface area contributed by atoms with E-state index in [1.807, 2.05) is 10.6 Å². The maximum Gasteiger partial charge on any atom is 0.305 e. The molecule has 3 fully saturated rings. The van der Waals surface area contributed by atoms with Gasteiger partial charge in [-0.15, -0.1) is 0 Å². The number of aliphatic carboxylic acids is 3. The van der Waals surface area contributed by atoms with Crippen LogP contribution in [0.15, 0.2) is 30.5 Å². The number of nitrogens with one attached hydrogen (secondary N) is 13. The summed E-state index contributed by atoms with van der Waals surface area (Å²) < 4.78 is 0. The number of primary amides is 1. The lowest BCUT2D eigenvalue weighted by atomic mass is 9.96. The van der Waals surface area contributed by atoms with E-state index in [2.05, 4.69) is 65.1 Å². The number of hydrogen-bond donors (Lipinski definition) is 18. The van der Waals surface area contributed by atoms with Gasteiger partial charge in [0.1, 0.15) is 60.4 Å². The van der Waals surface area contributed by atoms with Gasteiger partial charge in [0.2, 0.25) is 88.6 Å². The average molecular weight is 1480 g/mol. The molecule has 1 aromatic heterocycles. The third-order valence-electron chi connectivity index (χ3n) is 18.0. The summed E-state index contributed by atoms with van der Waals surface area (Å²) in [7, 11) is 0. The first-order valence-corrected chi connectivity index (χ1v) is 35.1. The summed E-state index contributed by atoms with van der Waals surface area (Å²) in [5.41, 5.74) is 6.87. The van der Waals surface area contributed by atoms with Gasteiger partial charge in [-0.2, -0.15) is 0 Å². The number of benzene rings is 1. The first-order chi connectivity index (χ1) is 49.8. The van der Waals surface area contributed by atoms with Gasteiger partial charge in [-0.3, -0.25) is 86.3 Å². The van der Waals surface area contributed by atoms with Gasteiger partial charge in [-0.25, -0.2) is 0 Å². The molecule has 578 valence electrons. The highest BCUT2D eigenvalue weighted by Gasteiger charge is 2.43. The number of fused-ring (bicyclic) bond motifs is 3. The van der Waals surface area contributed by atoms with Crippen LogP contribution in [0.3, 0.4) is 0 Å². The van der Waals surface area contributed by atoms with E-state index in [1.165, 1.54) is 0 Å². The fourth-order valence-electron chi connectivity index (χ4n) is 12.2. The van der Waals surface area contributed by atoms with E-state index in [9.17, 15) is 102 Å². The van der Waals surface area contributed by atoms with Crippen LogP contribution in [-0.2, 0) is 92.7 Å². The number of aromatic amines is 1. The number of carbonyl (C=O) groups is 18. The zero-order chi connectivity index (χ0) is 77.6. The number of carboxylic acids is 3. The first kappa shape index (κ1) is 84.8. The molecule has 0 radical (unpaired) electrons. The fourth-order valence-corrected chi connectivity index (χ4v) is 12.2. The predicted molar refractivity (Wildman–Crippen MR) is 368 cm³/mol. The van der Waals surface area contributed by atoms with Crippen molar-refractivity contribution in [3.63, 3.8) is 0 Å². The molecule has 5 rings (SSSR count). The van der Waals surface area contributed by atoms with Crippen LogP contribution < -0.4 is 69.5 Å². The molecular weight excluding hydrogens is 1380 g/mol. The Kier molecular flexibility index (Phi) is 34.0. The molecule has 38 nitrogen and oxygen atoms in total. The maximum atomic E-state index is 15.1. The normalized spacial score (nSPS) is 22.4. The largest absolute Gasteiger partial charge is 0.481 e. The highest BCUT2D eigenvalue weighted by Crippen LogP contribution is 2.24. The van der Waals surface area contributed by atoms with Crippen LogP contribution in [0.25, 0.3) is 10.9 Å². The summed E-state index contributed by atoms with van der Waals surface area (Å²) in [5.74, 6) is -22.4. The van der Waals surface area contributed by atoms with Gasteiger partial charge >= 0.3 is 17.9 Å². The Balaban J connectivity index is 1.50. The fraction of sp³-hybridized carbons (Fsp3) is 0.612. The molecule has 12 atom stereocenters. The number of hydrogen-bond acceptors (Lipinski definition) is 19. The number of unbranched alkanes of at least 4 members (excludes halogenated alkanes) is 6. The van der Waals surface area contributed by atoms with Crippen molar-refractivity contribution in [2.75, 3.05) is 39.3 Å². The summed E-state index contributed by atoms with van der Waals surface area (Å²) >= 11 is 0. The van der Waals surface area contributed by atoms with Crippen LogP contribution in [-0.4, -0.2) is 248 Å². The molecule has 0 saturated carbocycles. The van der Waals surface area contributed by atoms with Gasteiger partial charge in [0.05, 0.1) is 51.4 Å². The molecule has 0 spiro atoms. The number of aliphatic hydroxyl groups is 1. The second kappa shape index (κ2) is 42.1. The summed E-state index contributed by atoms with van der Waals surface area (Å²) in [6, 6.07) is -10.5. The molecule has 4 heterocycles. The van der Waals surface area contributed by atoms with Gasteiger partial charge in [0.25, 0.3) is 0 Å². The Hall–Kier alpha value is -10.8. The maximum absolute atomic E-state index is 15.1. The lowest BCUT2D eigenvalue weighted by Gasteiger charge is -2.37. The molecular formula is C67H98N16O22. The van der Waals surface area contributed by atoms with Crippen LogP contribution in [0, 0.1) is 5.92 Å². The molecule has 3 saturated heterocycles. The van der Waals surface area contributed by atoms with Crippen LogP contribution in [0.1, 0.15) is 149 Å². The topological polar surface area (TPSA) is 581 Å². The molecule has 0 unspecified atom stereocenters. The predicted octanol–water partition coefficient (Wildman–Crippen LogP) is -4.69. The minimum absolute atomic E-state index is 0.0341. The van der Waals surface area contributed by atoms with Gasteiger partial charge in [0, 0.05) is 49.6 Å². The Morgan fingerprint density at radius 2 is 1.09 bits per heavy atom.